The van der Waals surface area contributed by atoms with Crippen LogP contribution in [0.4, 0.5) is 9.59 Å². The number of rotatable bonds is 6. The Morgan fingerprint density at radius 3 is 1.27 bits per heavy atom. The first-order chi connectivity index (χ1) is 10.4. The number of carbonyl (C=O) groups is 4. The van der Waals surface area contributed by atoms with Crippen molar-refractivity contribution in [2.75, 3.05) is 13.6 Å². The number of benzene rings is 1. The third kappa shape index (κ3) is 6.42. The number of halogens is 2. The molecule has 10 heteroatoms. The summed E-state index contributed by atoms with van der Waals surface area (Å²) in [7, 11) is 0. The molecule has 0 aliphatic carbocycles. The molecule has 1 rings (SSSR count). The SMILES string of the molecule is O=C(Cl)OCOC(=O)c1ccc(C(=O)OCOC(=O)Cl)cc1. The van der Waals surface area contributed by atoms with Gasteiger partial charge < -0.3 is 18.9 Å². The first kappa shape index (κ1) is 17.7. The minimum Gasteiger partial charge on any atom is -0.424 e. The molecule has 0 N–H and O–H groups in total. The average Bonchev–Trinajstić information content (AvgIpc) is 2.46. The molecule has 0 atom stereocenters. The van der Waals surface area contributed by atoms with E-state index in [-0.39, 0.29) is 11.1 Å². The van der Waals surface area contributed by atoms with Gasteiger partial charge in [0.05, 0.1) is 11.1 Å². The van der Waals surface area contributed by atoms with Crippen LogP contribution >= 0.6 is 23.2 Å². The summed E-state index contributed by atoms with van der Waals surface area (Å²) in [6.07, 6.45) is 0. The second kappa shape index (κ2) is 8.85. The van der Waals surface area contributed by atoms with Gasteiger partial charge >= 0.3 is 22.8 Å². The van der Waals surface area contributed by atoms with Crippen molar-refractivity contribution < 1.29 is 38.1 Å². The molecule has 1 aromatic rings. The van der Waals surface area contributed by atoms with Crippen molar-refractivity contribution >= 4 is 46.0 Å². The van der Waals surface area contributed by atoms with Crippen molar-refractivity contribution in [3.05, 3.63) is 35.4 Å². The number of hydrogen-bond donors (Lipinski definition) is 0. The van der Waals surface area contributed by atoms with E-state index in [4.69, 9.17) is 23.2 Å². The van der Waals surface area contributed by atoms with Crippen LogP contribution in [0.2, 0.25) is 0 Å². The fourth-order valence-corrected chi connectivity index (χ4v) is 1.26. The maximum atomic E-state index is 11.5. The molecule has 1 aromatic carbocycles. The van der Waals surface area contributed by atoms with Crippen molar-refractivity contribution in [1.82, 2.24) is 0 Å². The van der Waals surface area contributed by atoms with Crippen LogP contribution in [-0.4, -0.2) is 36.4 Å². The summed E-state index contributed by atoms with van der Waals surface area (Å²) >= 11 is 9.76. The van der Waals surface area contributed by atoms with Gasteiger partial charge in [-0.1, -0.05) is 0 Å². The predicted molar refractivity (Wildman–Crippen MR) is 71.7 cm³/mol. The zero-order chi connectivity index (χ0) is 16.5. The second-order valence-corrected chi connectivity index (χ2v) is 4.06. The largest absolute Gasteiger partial charge is 0.424 e. The van der Waals surface area contributed by atoms with Gasteiger partial charge in [0.2, 0.25) is 13.6 Å². The lowest BCUT2D eigenvalue weighted by molar-refractivity contribution is 0.00197. The van der Waals surface area contributed by atoms with E-state index in [2.05, 4.69) is 18.9 Å². The van der Waals surface area contributed by atoms with Gasteiger partial charge in [0.15, 0.2) is 0 Å². The third-order valence-corrected chi connectivity index (χ3v) is 2.30. The second-order valence-electron chi connectivity index (χ2n) is 3.44. The summed E-state index contributed by atoms with van der Waals surface area (Å²) in [6, 6.07) is 5.15. The lowest BCUT2D eigenvalue weighted by Crippen LogP contribution is -2.11. The molecule has 0 heterocycles. The molecule has 0 fully saturated rings. The van der Waals surface area contributed by atoms with E-state index in [0.717, 1.165) is 0 Å². The van der Waals surface area contributed by atoms with Crippen LogP contribution in [-0.2, 0) is 18.9 Å². The summed E-state index contributed by atoms with van der Waals surface area (Å²) in [5, 5.41) is 0. The molecule has 0 unspecified atom stereocenters. The highest BCUT2D eigenvalue weighted by molar-refractivity contribution is 6.61. The molecule has 0 saturated carbocycles. The molecule has 0 aromatic heterocycles. The van der Waals surface area contributed by atoms with E-state index in [9.17, 15) is 19.2 Å². The zero-order valence-corrected chi connectivity index (χ0v) is 12.3. The average molecular weight is 351 g/mol. The molecule has 0 spiro atoms. The van der Waals surface area contributed by atoms with Gasteiger partial charge in [-0.15, -0.1) is 0 Å². The van der Waals surface area contributed by atoms with Crippen LogP contribution in [0.25, 0.3) is 0 Å². The van der Waals surface area contributed by atoms with E-state index < -0.39 is 36.4 Å². The first-order valence-corrected chi connectivity index (χ1v) is 6.24. The van der Waals surface area contributed by atoms with E-state index in [0.29, 0.717) is 0 Å². The zero-order valence-electron chi connectivity index (χ0n) is 10.7. The topological polar surface area (TPSA) is 105 Å². The van der Waals surface area contributed by atoms with Gasteiger partial charge in [-0.05, 0) is 24.3 Å². The van der Waals surface area contributed by atoms with Crippen molar-refractivity contribution in [2.24, 2.45) is 0 Å². The molecule has 0 aliphatic rings. The van der Waals surface area contributed by atoms with Crippen molar-refractivity contribution in [1.29, 1.82) is 0 Å². The Labute approximate surface area is 133 Å². The Kier molecular flexibility index (Phi) is 7.14. The predicted octanol–water partition coefficient (Wildman–Crippen LogP) is 2.67. The molecule has 0 aliphatic heterocycles. The first-order valence-electron chi connectivity index (χ1n) is 5.49. The summed E-state index contributed by atoms with van der Waals surface area (Å²) in [6.45, 7) is -1.26. The van der Waals surface area contributed by atoms with Gasteiger partial charge in [0, 0.05) is 23.2 Å². The summed E-state index contributed by atoms with van der Waals surface area (Å²) in [5.41, 5.74) is -2.00. The van der Waals surface area contributed by atoms with Gasteiger partial charge in [-0.3, -0.25) is 0 Å². The molecular formula is C12H8Cl2O8. The van der Waals surface area contributed by atoms with Crippen LogP contribution in [0.15, 0.2) is 24.3 Å². The van der Waals surface area contributed by atoms with E-state index >= 15 is 0 Å². The number of ether oxygens (including phenoxy) is 4. The number of carbonyl (C=O) groups excluding carboxylic acids is 4. The summed E-state index contributed by atoms with van der Waals surface area (Å²) < 4.78 is 17.6. The molecule has 8 nitrogen and oxygen atoms in total. The number of esters is 2. The Bertz CT molecular complexity index is 518. The van der Waals surface area contributed by atoms with Crippen molar-refractivity contribution in [3.63, 3.8) is 0 Å². The highest BCUT2D eigenvalue weighted by Crippen LogP contribution is 2.08. The van der Waals surface area contributed by atoms with Gasteiger partial charge in [-0.25, -0.2) is 19.2 Å². The fourth-order valence-electron chi connectivity index (χ4n) is 1.17. The minimum absolute atomic E-state index is 0.106. The standard InChI is InChI=1S/C12H8Cl2O8/c13-11(17)21-5-19-9(15)7-1-2-8(4-3-7)10(16)20-6-22-12(14)18/h1-4H,5-6H2. The van der Waals surface area contributed by atoms with Crippen LogP contribution in [0.1, 0.15) is 20.7 Å². The summed E-state index contributed by atoms with van der Waals surface area (Å²) in [4.78, 5) is 43.6. The quantitative estimate of drug-likeness (QED) is 0.438. The minimum atomic E-state index is -1.11. The monoisotopic (exact) mass is 350 g/mol. The van der Waals surface area contributed by atoms with Crippen molar-refractivity contribution in [3.8, 4) is 0 Å². The van der Waals surface area contributed by atoms with Crippen LogP contribution in [0.3, 0.4) is 0 Å². The van der Waals surface area contributed by atoms with Gasteiger partial charge in [0.1, 0.15) is 0 Å². The molecular weight excluding hydrogens is 343 g/mol. The Hall–Kier alpha value is -2.32. The highest BCUT2D eigenvalue weighted by Gasteiger charge is 2.12. The molecule has 22 heavy (non-hydrogen) atoms. The molecule has 0 amide bonds. The van der Waals surface area contributed by atoms with Crippen LogP contribution in [0, 0.1) is 0 Å². The molecule has 0 radical (unpaired) electrons. The maximum Gasteiger partial charge on any atom is 0.406 e. The van der Waals surface area contributed by atoms with E-state index in [1.807, 2.05) is 0 Å². The third-order valence-electron chi connectivity index (χ3n) is 2.08. The van der Waals surface area contributed by atoms with Crippen LogP contribution in [0.5, 0.6) is 0 Å². The smallest absolute Gasteiger partial charge is 0.406 e. The molecule has 0 bridgehead atoms. The highest BCUT2D eigenvalue weighted by atomic mass is 35.5. The Balaban J connectivity index is 2.51. The lowest BCUT2D eigenvalue weighted by Gasteiger charge is -2.06. The van der Waals surface area contributed by atoms with Gasteiger partial charge in [0.25, 0.3) is 0 Å². The number of hydrogen-bond acceptors (Lipinski definition) is 8. The molecule has 0 saturated heterocycles. The lowest BCUT2D eigenvalue weighted by atomic mass is 10.1. The Morgan fingerprint density at radius 1 is 0.682 bits per heavy atom. The Morgan fingerprint density at radius 2 is 1.00 bits per heavy atom. The summed E-state index contributed by atoms with van der Waals surface area (Å²) in [5.74, 6) is -1.57. The van der Waals surface area contributed by atoms with E-state index in [1.54, 1.807) is 0 Å². The fraction of sp³-hybridized carbons (Fsp3) is 0.167. The van der Waals surface area contributed by atoms with E-state index in [1.165, 1.54) is 24.3 Å². The normalized spacial score (nSPS) is 9.55. The van der Waals surface area contributed by atoms with Gasteiger partial charge in [-0.2, -0.15) is 0 Å². The molecule has 118 valence electrons. The van der Waals surface area contributed by atoms with Crippen LogP contribution < -0.4 is 0 Å². The van der Waals surface area contributed by atoms with Crippen molar-refractivity contribution in [2.45, 2.75) is 0 Å². The maximum absolute atomic E-state index is 11.5.